The summed E-state index contributed by atoms with van der Waals surface area (Å²) in [4.78, 5) is 12.5. The molecule has 0 bridgehead atoms. The van der Waals surface area contributed by atoms with Crippen LogP contribution in [0.3, 0.4) is 0 Å². The zero-order valence-electron chi connectivity index (χ0n) is 16.0. The highest BCUT2D eigenvalue weighted by molar-refractivity contribution is 6.02. The molecule has 0 unspecified atom stereocenters. The molecule has 0 aliphatic rings. The second-order valence-electron chi connectivity index (χ2n) is 6.85. The van der Waals surface area contributed by atoms with E-state index in [4.69, 9.17) is 0 Å². The molecule has 5 nitrogen and oxygen atoms in total. The Morgan fingerprint density at radius 1 is 0.897 bits per heavy atom. The molecule has 1 amide bonds. The van der Waals surface area contributed by atoms with Crippen molar-refractivity contribution in [3.8, 4) is 5.75 Å². The first kappa shape index (κ1) is 18.5. The number of carbonyl (C=O) groups excluding carboxylic acids is 1. The lowest BCUT2D eigenvalue weighted by molar-refractivity contribution is -0.121. The predicted octanol–water partition coefficient (Wildman–Crippen LogP) is 4.65. The fraction of sp³-hybridized carbons (Fsp3) is 0.0833. The molecule has 0 radical (unpaired) electrons. The maximum atomic E-state index is 12.5. The Kier molecular flexibility index (Phi) is 5.12. The van der Waals surface area contributed by atoms with Crippen molar-refractivity contribution in [3.63, 3.8) is 0 Å². The van der Waals surface area contributed by atoms with Crippen molar-refractivity contribution in [1.82, 2.24) is 5.43 Å². The fourth-order valence-electron chi connectivity index (χ4n) is 3.33. The normalized spacial score (nSPS) is 12.3. The molecule has 29 heavy (non-hydrogen) atoms. The van der Waals surface area contributed by atoms with Crippen LogP contribution in [0.25, 0.3) is 21.5 Å². The van der Waals surface area contributed by atoms with Crippen LogP contribution < -0.4 is 10.7 Å². The topological polar surface area (TPSA) is 73.7 Å². The van der Waals surface area contributed by atoms with Crippen LogP contribution in [-0.4, -0.2) is 23.3 Å². The molecule has 4 aromatic carbocycles. The van der Waals surface area contributed by atoms with Crippen molar-refractivity contribution in [2.24, 2.45) is 5.10 Å². The van der Waals surface area contributed by atoms with Gasteiger partial charge in [-0.25, -0.2) is 5.43 Å². The third kappa shape index (κ3) is 3.89. The SMILES string of the molecule is C[C@@H](Nc1cccc2ccccc12)C(=O)N/N=C/c1c(O)ccc2ccccc12. The maximum Gasteiger partial charge on any atom is 0.262 e. The molecule has 0 heterocycles. The van der Waals surface area contributed by atoms with Crippen molar-refractivity contribution in [3.05, 3.63) is 84.4 Å². The minimum absolute atomic E-state index is 0.114. The number of rotatable bonds is 5. The number of hydrazone groups is 1. The van der Waals surface area contributed by atoms with Gasteiger partial charge in [-0.1, -0.05) is 66.7 Å². The molecule has 4 aromatic rings. The molecule has 0 fully saturated rings. The Labute approximate surface area is 168 Å². The molecule has 144 valence electrons. The van der Waals surface area contributed by atoms with E-state index < -0.39 is 6.04 Å². The molecule has 0 aromatic heterocycles. The molecule has 4 rings (SSSR count). The van der Waals surface area contributed by atoms with Gasteiger partial charge < -0.3 is 10.4 Å². The van der Waals surface area contributed by atoms with Crippen LogP contribution in [0.5, 0.6) is 5.75 Å². The Bertz CT molecular complexity index is 1210. The summed E-state index contributed by atoms with van der Waals surface area (Å²) in [5, 5.41) is 21.5. The van der Waals surface area contributed by atoms with Crippen LogP contribution in [0.15, 0.2) is 84.0 Å². The van der Waals surface area contributed by atoms with Crippen LogP contribution in [0.1, 0.15) is 12.5 Å². The van der Waals surface area contributed by atoms with E-state index in [9.17, 15) is 9.90 Å². The lowest BCUT2D eigenvalue weighted by Gasteiger charge is -2.15. The van der Waals surface area contributed by atoms with Gasteiger partial charge in [0, 0.05) is 16.6 Å². The number of benzene rings is 4. The molecular weight excluding hydrogens is 362 g/mol. The van der Waals surface area contributed by atoms with E-state index in [2.05, 4.69) is 15.8 Å². The van der Waals surface area contributed by atoms with E-state index in [0.717, 1.165) is 27.2 Å². The largest absolute Gasteiger partial charge is 0.507 e. The molecule has 3 N–H and O–H groups in total. The van der Waals surface area contributed by atoms with Gasteiger partial charge in [-0.05, 0) is 35.2 Å². The molecule has 0 spiro atoms. The quantitative estimate of drug-likeness (QED) is 0.347. The molecule has 0 aliphatic heterocycles. The Morgan fingerprint density at radius 2 is 1.55 bits per heavy atom. The zero-order chi connectivity index (χ0) is 20.2. The van der Waals surface area contributed by atoms with Crippen molar-refractivity contribution >= 4 is 39.4 Å². The van der Waals surface area contributed by atoms with Gasteiger partial charge in [-0.2, -0.15) is 5.10 Å². The number of carbonyl (C=O) groups is 1. The van der Waals surface area contributed by atoms with Crippen molar-refractivity contribution < 1.29 is 9.90 Å². The van der Waals surface area contributed by atoms with E-state index in [1.807, 2.05) is 72.8 Å². The first-order valence-electron chi connectivity index (χ1n) is 9.41. The minimum Gasteiger partial charge on any atom is -0.507 e. The molecule has 0 saturated heterocycles. The van der Waals surface area contributed by atoms with Crippen LogP contribution in [-0.2, 0) is 4.79 Å². The van der Waals surface area contributed by atoms with E-state index in [1.165, 1.54) is 6.21 Å². The average molecular weight is 383 g/mol. The Morgan fingerprint density at radius 3 is 2.34 bits per heavy atom. The lowest BCUT2D eigenvalue weighted by atomic mass is 10.0. The van der Waals surface area contributed by atoms with Crippen molar-refractivity contribution in [1.29, 1.82) is 0 Å². The number of fused-ring (bicyclic) bond motifs is 2. The predicted molar refractivity (Wildman–Crippen MR) is 118 cm³/mol. The number of nitrogens with one attached hydrogen (secondary N) is 2. The second-order valence-corrected chi connectivity index (χ2v) is 6.85. The third-order valence-corrected chi connectivity index (χ3v) is 4.87. The summed E-state index contributed by atoms with van der Waals surface area (Å²) in [7, 11) is 0. The van der Waals surface area contributed by atoms with Crippen LogP contribution in [0.4, 0.5) is 5.69 Å². The molecule has 1 atom stereocenters. The summed E-state index contributed by atoms with van der Waals surface area (Å²) < 4.78 is 0. The third-order valence-electron chi connectivity index (χ3n) is 4.87. The van der Waals surface area contributed by atoms with Crippen molar-refractivity contribution in [2.75, 3.05) is 5.32 Å². The van der Waals surface area contributed by atoms with Gasteiger partial charge >= 0.3 is 0 Å². The van der Waals surface area contributed by atoms with E-state index in [1.54, 1.807) is 13.0 Å². The van der Waals surface area contributed by atoms with E-state index >= 15 is 0 Å². The summed E-state index contributed by atoms with van der Waals surface area (Å²) in [6.45, 7) is 1.78. The highest BCUT2D eigenvalue weighted by Gasteiger charge is 2.13. The standard InChI is InChI=1S/C24H21N3O2/c1-16(26-22-12-6-9-17-7-3-5-11-20(17)22)24(29)27-25-15-21-19-10-4-2-8-18(19)13-14-23(21)28/h2-16,26,28H,1H3,(H,27,29)/b25-15+/t16-/m1/s1. The monoisotopic (exact) mass is 383 g/mol. The van der Waals surface area contributed by atoms with Crippen LogP contribution in [0.2, 0.25) is 0 Å². The lowest BCUT2D eigenvalue weighted by Crippen LogP contribution is -2.34. The molecule has 0 aliphatic carbocycles. The Balaban J connectivity index is 1.48. The summed E-state index contributed by atoms with van der Waals surface area (Å²) in [5.41, 5.74) is 4.01. The van der Waals surface area contributed by atoms with Crippen LogP contribution >= 0.6 is 0 Å². The van der Waals surface area contributed by atoms with Crippen LogP contribution in [0, 0.1) is 0 Å². The number of phenols is 1. The van der Waals surface area contributed by atoms with Gasteiger partial charge in [0.05, 0.1) is 6.21 Å². The molecule has 0 saturated carbocycles. The average Bonchev–Trinajstić information content (AvgIpc) is 2.75. The first-order chi connectivity index (χ1) is 14.1. The summed E-state index contributed by atoms with van der Waals surface area (Å²) in [6.07, 6.45) is 1.47. The number of hydrogen-bond donors (Lipinski definition) is 3. The number of nitrogens with zero attached hydrogens (tertiary/aromatic N) is 1. The van der Waals surface area contributed by atoms with Gasteiger partial charge in [-0.3, -0.25) is 4.79 Å². The first-order valence-corrected chi connectivity index (χ1v) is 9.41. The van der Waals surface area contributed by atoms with E-state index in [0.29, 0.717) is 5.56 Å². The van der Waals surface area contributed by atoms with Gasteiger partial charge in [0.1, 0.15) is 11.8 Å². The van der Waals surface area contributed by atoms with E-state index in [-0.39, 0.29) is 11.7 Å². The smallest absolute Gasteiger partial charge is 0.262 e. The zero-order valence-corrected chi connectivity index (χ0v) is 16.0. The minimum atomic E-state index is -0.487. The number of amides is 1. The van der Waals surface area contributed by atoms with Gasteiger partial charge in [0.25, 0.3) is 5.91 Å². The van der Waals surface area contributed by atoms with Gasteiger partial charge in [0.2, 0.25) is 0 Å². The number of anilines is 1. The number of phenolic OH excluding ortho intramolecular Hbond substituents is 1. The summed E-state index contributed by atoms with van der Waals surface area (Å²) in [6, 6.07) is 24.6. The highest BCUT2D eigenvalue weighted by atomic mass is 16.3. The summed E-state index contributed by atoms with van der Waals surface area (Å²) in [5.74, 6) is -0.155. The molecule has 5 heteroatoms. The molecular formula is C24H21N3O2. The number of hydrogen-bond acceptors (Lipinski definition) is 4. The fourth-order valence-corrected chi connectivity index (χ4v) is 3.33. The Hall–Kier alpha value is -3.86. The number of aromatic hydroxyl groups is 1. The second kappa shape index (κ2) is 8.02. The van der Waals surface area contributed by atoms with Crippen molar-refractivity contribution in [2.45, 2.75) is 13.0 Å². The highest BCUT2D eigenvalue weighted by Crippen LogP contribution is 2.25. The van der Waals surface area contributed by atoms with Gasteiger partial charge in [-0.15, -0.1) is 0 Å². The maximum absolute atomic E-state index is 12.5. The van der Waals surface area contributed by atoms with Gasteiger partial charge in [0.15, 0.2) is 0 Å². The summed E-state index contributed by atoms with van der Waals surface area (Å²) >= 11 is 0.